The molecule has 1 heterocycles. The minimum atomic E-state index is -0.288. The number of likely N-dealkylation sites (N-methyl/N-ethyl adjacent to an activating group) is 1. The zero-order valence-electron chi connectivity index (χ0n) is 19.6. The number of carbonyl (C=O) groups is 2. The van der Waals surface area contributed by atoms with Gasteiger partial charge in [-0.05, 0) is 65.0 Å². The molecule has 2 atom stereocenters. The molecule has 4 N–H and O–H groups in total. The number of benzene rings is 2. The molecule has 1 aliphatic rings. The summed E-state index contributed by atoms with van der Waals surface area (Å²) in [4.78, 5) is 35.1. The van der Waals surface area contributed by atoms with Crippen LogP contribution >= 0.6 is 15.9 Å². The van der Waals surface area contributed by atoms with Crippen molar-refractivity contribution in [3.63, 3.8) is 0 Å². The standard InChI is InChI=1S/C26H29BrN6O2/c1-33(15-14-17-6-3-2-4-7-17)25(35)18-10-12-19(13-11-18)30-26-29-16-21(27)24(32-26)31-22-9-5-8-20(22)23(28)34/h2-4,6-7,10-13,16,20,22H,5,8-9,14-15H2,1H3,(H2,28,34)(H2,29,30,31,32)/t20-,22+/m0/s1. The third-order valence-corrected chi connectivity index (χ3v) is 6.84. The Bertz CT molecular complexity index is 1170. The van der Waals surface area contributed by atoms with Crippen LogP contribution in [0.1, 0.15) is 35.2 Å². The van der Waals surface area contributed by atoms with E-state index in [1.54, 1.807) is 23.2 Å². The van der Waals surface area contributed by atoms with E-state index in [-0.39, 0.29) is 23.8 Å². The molecule has 1 fully saturated rings. The molecule has 0 aliphatic heterocycles. The first kappa shape index (κ1) is 24.7. The highest BCUT2D eigenvalue weighted by molar-refractivity contribution is 9.10. The lowest BCUT2D eigenvalue weighted by Crippen LogP contribution is -2.34. The lowest BCUT2D eigenvalue weighted by Gasteiger charge is -2.20. The van der Waals surface area contributed by atoms with Gasteiger partial charge >= 0.3 is 0 Å². The quantitative estimate of drug-likeness (QED) is 0.374. The molecule has 0 radical (unpaired) electrons. The van der Waals surface area contributed by atoms with E-state index >= 15 is 0 Å². The van der Waals surface area contributed by atoms with Crippen molar-refractivity contribution in [1.29, 1.82) is 0 Å². The van der Waals surface area contributed by atoms with E-state index in [1.807, 2.05) is 37.4 Å². The number of halogens is 1. The summed E-state index contributed by atoms with van der Waals surface area (Å²) in [6.45, 7) is 0.642. The molecule has 3 aromatic rings. The predicted molar refractivity (Wildman–Crippen MR) is 141 cm³/mol. The number of hydrogen-bond acceptors (Lipinski definition) is 6. The van der Waals surface area contributed by atoms with Gasteiger partial charge in [-0.15, -0.1) is 0 Å². The third-order valence-electron chi connectivity index (χ3n) is 6.26. The molecule has 0 bridgehead atoms. The van der Waals surface area contributed by atoms with Crippen LogP contribution in [-0.2, 0) is 11.2 Å². The van der Waals surface area contributed by atoms with Crippen molar-refractivity contribution in [2.24, 2.45) is 11.7 Å². The fourth-order valence-corrected chi connectivity index (χ4v) is 4.57. The van der Waals surface area contributed by atoms with Gasteiger partial charge in [0.25, 0.3) is 5.91 Å². The second kappa shape index (κ2) is 11.3. The van der Waals surface area contributed by atoms with Crippen LogP contribution in [0.25, 0.3) is 0 Å². The summed E-state index contributed by atoms with van der Waals surface area (Å²) in [7, 11) is 1.81. The van der Waals surface area contributed by atoms with E-state index in [4.69, 9.17) is 5.73 Å². The van der Waals surface area contributed by atoms with Crippen LogP contribution in [0.4, 0.5) is 17.5 Å². The lowest BCUT2D eigenvalue weighted by molar-refractivity contribution is -0.121. The number of anilines is 3. The van der Waals surface area contributed by atoms with Crippen LogP contribution in [-0.4, -0.2) is 46.3 Å². The predicted octanol–water partition coefficient (Wildman–Crippen LogP) is 4.36. The Morgan fingerprint density at radius 2 is 1.86 bits per heavy atom. The molecule has 35 heavy (non-hydrogen) atoms. The molecule has 0 unspecified atom stereocenters. The molecule has 182 valence electrons. The first-order valence-electron chi connectivity index (χ1n) is 11.7. The smallest absolute Gasteiger partial charge is 0.253 e. The minimum absolute atomic E-state index is 0.0283. The summed E-state index contributed by atoms with van der Waals surface area (Å²) < 4.78 is 0.706. The minimum Gasteiger partial charge on any atom is -0.369 e. The highest BCUT2D eigenvalue weighted by atomic mass is 79.9. The average Bonchev–Trinajstić information content (AvgIpc) is 3.34. The van der Waals surface area contributed by atoms with Gasteiger partial charge in [-0.25, -0.2) is 4.98 Å². The van der Waals surface area contributed by atoms with Crippen LogP contribution in [0.2, 0.25) is 0 Å². The summed E-state index contributed by atoms with van der Waals surface area (Å²) in [6.07, 6.45) is 5.06. The number of nitrogens with zero attached hydrogens (tertiary/aromatic N) is 3. The van der Waals surface area contributed by atoms with E-state index in [0.29, 0.717) is 28.3 Å². The van der Waals surface area contributed by atoms with Gasteiger partial charge in [0.1, 0.15) is 5.82 Å². The second-order valence-corrected chi connectivity index (χ2v) is 9.60. The van der Waals surface area contributed by atoms with Crippen LogP contribution in [0.5, 0.6) is 0 Å². The van der Waals surface area contributed by atoms with Crippen molar-refractivity contribution in [2.45, 2.75) is 31.7 Å². The van der Waals surface area contributed by atoms with Crippen LogP contribution in [0, 0.1) is 5.92 Å². The monoisotopic (exact) mass is 536 g/mol. The van der Waals surface area contributed by atoms with E-state index in [1.165, 1.54) is 5.56 Å². The Morgan fingerprint density at radius 3 is 2.57 bits per heavy atom. The number of nitrogens with one attached hydrogen (secondary N) is 2. The van der Waals surface area contributed by atoms with Crippen LogP contribution < -0.4 is 16.4 Å². The zero-order valence-corrected chi connectivity index (χ0v) is 21.2. The number of nitrogens with two attached hydrogens (primary N) is 1. The second-order valence-electron chi connectivity index (χ2n) is 8.75. The lowest BCUT2D eigenvalue weighted by atomic mass is 10.0. The van der Waals surface area contributed by atoms with E-state index in [9.17, 15) is 9.59 Å². The highest BCUT2D eigenvalue weighted by Gasteiger charge is 2.32. The average molecular weight is 537 g/mol. The van der Waals surface area contributed by atoms with E-state index in [2.05, 4.69) is 48.7 Å². The van der Waals surface area contributed by atoms with Crippen LogP contribution in [0.3, 0.4) is 0 Å². The molecule has 2 aromatic carbocycles. The molecule has 4 rings (SSSR count). The maximum absolute atomic E-state index is 12.8. The molecule has 1 aliphatic carbocycles. The van der Waals surface area contributed by atoms with Gasteiger partial charge in [-0.3, -0.25) is 9.59 Å². The van der Waals surface area contributed by atoms with Gasteiger partial charge in [-0.2, -0.15) is 4.98 Å². The summed E-state index contributed by atoms with van der Waals surface area (Å²) in [6, 6.07) is 17.3. The molecule has 8 nitrogen and oxygen atoms in total. The van der Waals surface area contributed by atoms with E-state index in [0.717, 1.165) is 31.4 Å². The summed E-state index contributed by atoms with van der Waals surface area (Å²) >= 11 is 3.47. The molecule has 9 heteroatoms. The SMILES string of the molecule is CN(CCc1ccccc1)C(=O)c1ccc(Nc2ncc(Br)c(N[C@@H]3CCC[C@@H]3C(N)=O)n2)cc1. The fraction of sp³-hybridized carbons (Fsp3) is 0.308. The molecule has 0 spiro atoms. The highest BCUT2D eigenvalue weighted by Crippen LogP contribution is 2.30. The van der Waals surface area contributed by atoms with Crippen molar-refractivity contribution in [3.8, 4) is 0 Å². The zero-order chi connectivity index (χ0) is 24.8. The van der Waals surface area contributed by atoms with Crippen molar-refractivity contribution in [2.75, 3.05) is 24.2 Å². The first-order chi connectivity index (χ1) is 16.9. The summed E-state index contributed by atoms with van der Waals surface area (Å²) in [5.74, 6) is 0.489. The van der Waals surface area contributed by atoms with Crippen LogP contribution in [0.15, 0.2) is 65.3 Å². The van der Waals surface area contributed by atoms with Gasteiger partial charge < -0.3 is 21.3 Å². The Kier molecular flexibility index (Phi) is 7.97. The summed E-state index contributed by atoms with van der Waals surface area (Å²) in [5.41, 5.74) is 8.12. The topological polar surface area (TPSA) is 113 Å². The number of rotatable bonds is 9. The molecule has 1 aromatic heterocycles. The summed E-state index contributed by atoms with van der Waals surface area (Å²) in [5, 5.41) is 6.51. The normalized spacial score (nSPS) is 17.1. The van der Waals surface area contributed by atoms with Gasteiger partial charge in [-0.1, -0.05) is 36.8 Å². The Labute approximate surface area is 213 Å². The maximum atomic E-state index is 12.8. The first-order valence-corrected chi connectivity index (χ1v) is 12.4. The van der Waals surface area contributed by atoms with Gasteiger partial charge in [0.2, 0.25) is 11.9 Å². The van der Waals surface area contributed by atoms with Gasteiger partial charge in [0, 0.05) is 37.1 Å². The Morgan fingerprint density at radius 1 is 1.11 bits per heavy atom. The fourth-order valence-electron chi connectivity index (χ4n) is 4.27. The number of carbonyl (C=O) groups excluding carboxylic acids is 2. The number of aromatic nitrogens is 2. The largest absolute Gasteiger partial charge is 0.369 e. The third kappa shape index (κ3) is 6.36. The Balaban J connectivity index is 1.37. The van der Waals surface area contributed by atoms with Crippen molar-refractivity contribution >= 4 is 45.2 Å². The Hall–Kier alpha value is -3.46. The molecule has 0 saturated heterocycles. The van der Waals surface area contributed by atoms with Crippen molar-refractivity contribution < 1.29 is 9.59 Å². The number of hydrogen-bond donors (Lipinski definition) is 3. The van der Waals surface area contributed by atoms with Crippen molar-refractivity contribution in [1.82, 2.24) is 14.9 Å². The molecule has 1 saturated carbocycles. The van der Waals surface area contributed by atoms with Crippen molar-refractivity contribution in [3.05, 3.63) is 76.4 Å². The van der Waals surface area contributed by atoms with Gasteiger partial charge in [0.05, 0.1) is 10.4 Å². The van der Waals surface area contributed by atoms with E-state index < -0.39 is 0 Å². The number of primary amides is 1. The molecular formula is C26H29BrN6O2. The molecular weight excluding hydrogens is 508 g/mol. The molecule has 2 amide bonds. The maximum Gasteiger partial charge on any atom is 0.253 e. The van der Waals surface area contributed by atoms with Gasteiger partial charge in [0.15, 0.2) is 0 Å². The number of amides is 2.